The zero-order valence-electron chi connectivity index (χ0n) is 12.4. The first kappa shape index (κ1) is 16.7. The van der Waals surface area contributed by atoms with Gasteiger partial charge in [0.2, 0.25) is 5.91 Å². The molecule has 0 spiro atoms. The van der Waals surface area contributed by atoms with E-state index in [0.717, 1.165) is 10.0 Å². The van der Waals surface area contributed by atoms with Crippen molar-refractivity contribution < 1.29 is 9.59 Å². The van der Waals surface area contributed by atoms with Crippen LogP contribution in [0.2, 0.25) is 0 Å². The summed E-state index contributed by atoms with van der Waals surface area (Å²) in [6, 6.07) is 5.45. The number of carbonyl (C=O) groups is 2. The lowest BCUT2D eigenvalue weighted by Gasteiger charge is -2.23. The van der Waals surface area contributed by atoms with Gasteiger partial charge in [0.25, 0.3) is 5.91 Å². The van der Waals surface area contributed by atoms with Crippen molar-refractivity contribution >= 4 is 27.7 Å². The van der Waals surface area contributed by atoms with E-state index in [0.29, 0.717) is 18.7 Å². The van der Waals surface area contributed by atoms with Crippen LogP contribution in [-0.4, -0.2) is 48.3 Å². The summed E-state index contributed by atoms with van der Waals surface area (Å²) in [5.74, 6) is -0.178. The van der Waals surface area contributed by atoms with Crippen molar-refractivity contribution in [3.8, 4) is 0 Å². The second-order valence-electron chi connectivity index (χ2n) is 4.69. The number of benzene rings is 1. The molecular weight excluding hydrogens is 320 g/mol. The molecule has 0 unspecified atom stereocenters. The highest BCUT2D eigenvalue weighted by Gasteiger charge is 2.18. The first-order valence-electron chi connectivity index (χ1n) is 6.70. The van der Waals surface area contributed by atoms with Crippen LogP contribution in [0.5, 0.6) is 0 Å². The zero-order chi connectivity index (χ0) is 15.3. The van der Waals surface area contributed by atoms with Gasteiger partial charge in [0.05, 0.1) is 6.54 Å². The maximum atomic E-state index is 12.3. The fourth-order valence-corrected chi connectivity index (χ4v) is 2.28. The van der Waals surface area contributed by atoms with Crippen LogP contribution in [0.25, 0.3) is 0 Å². The molecule has 1 rings (SSSR count). The topological polar surface area (TPSA) is 40.6 Å². The van der Waals surface area contributed by atoms with Crippen molar-refractivity contribution in [3.63, 3.8) is 0 Å². The molecule has 4 nitrogen and oxygen atoms in total. The summed E-state index contributed by atoms with van der Waals surface area (Å²) in [5, 5.41) is 0. The van der Waals surface area contributed by atoms with Crippen LogP contribution in [0.3, 0.4) is 0 Å². The minimum atomic E-state index is -0.147. The first-order valence-corrected chi connectivity index (χ1v) is 7.49. The highest BCUT2D eigenvalue weighted by molar-refractivity contribution is 9.10. The van der Waals surface area contributed by atoms with Crippen molar-refractivity contribution in [3.05, 3.63) is 33.8 Å². The van der Waals surface area contributed by atoms with Gasteiger partial charge in [0.1, 0.15) is 0 Å². The third kappa shape index (κ3) is 4.07. The Labute approximate surface area is 128 Å². The average Bonchev–Trinajstić information content (AvgIpc) is 2.42. The first-order chi connectivity index (χ1) is 9.40. The summed E-state index contributed by atoms with van der Waals surface area (Å²) < 4.78 is 0.895. The Morgan fingerprint density at radius 3 is 2.30 bits per heavy atom. The van der Waals surface area contributed by atoms with Crippen molar-refractivity contribution in [1.29, 1.82) is 0 Å². The van der Waals surface area contributed by atoms with Crippen molar-refractivity contribution in [1.82, 2.24) is 9.80 Å². The minimum absolute atomic E-state index is 0.0305. The predicted molar refractivity (Wildman–Crippen MR) is 83.8 cm³/mol. The monoisotopic (exact) mass is 340 g/mol. The predicted octanol–water partition coefficient (Wildman–Crippen LogP) is 2.70. The molecular formula is C15H21BrN2O2. The SMILES string of the molecule is CCN(CC)C(=O)CN(C)C(=O)c1ccc(C)c(Br)c1. The Morgan fingerprint density at radius 2 is 1.80 bits per heavy atom. The van der Waals surface area contributed by atoms with Gasteiger partial charge in [0.15, 0.2) is 0 Å². The van der Waals surface area contributed by atoms with Crippen molar-refractivity contribution in [2.75, 3.05) is 26.7 Å². The number of halogens is 1. The molecule has 0 fully saturated rings. The Kier molecular flexibility index (Phi) is 6.20. The van der Waals surface area contributed by atoms with E-state index in [9.17, 15) is 9.59 Å². The van der Waals surface area contributed by atoms with Gasteiger partial charge in [-0.2, -0.15) is 0 Å². The summed E-state index contributed by atoms with van der Waals surface area (Å²) in [5.41, 5.74) is 1.65. The Morgan fingerprint density at radius 1 is 1.20 bits per heavy atom. The van der Waals surface area contributed by atoms with Crippen LogP contribution in [0, 0.1) is 6.92 Å². The van der Waals surface area contributed by atoms with E-state index in [-0.39, 0.29) is 18.4 Å². The number of nitrogens with zero attached hydrogens (tertiary/aromatic N) is 2. The maximum absolute atomic E-state index is 12.3. The largest absolute Gasteiger partial charge is 0.342 e. The van der Waals surface area contributed by atoms with E-state index < -0.39 is 0 Å². The van der Waals surface area contributed by atoms with Crippen LogP contribution >= 0.6 is 15.9 Å². The number of rotatable bonds is 5. The van der Waals surface area contributed by atoms with Crippen LogP contribution in [0.4, 0.5) is 0 Å². The van der Waals surface area contributed by atoms with Crippen LogP contribution in [0.1, 0.15) is 29.8 Å². The van der Waals surface area contributed by atoms with Gasteiger partial charge in [-0.25, -0.2) is 0 Å². The summed E-state index contributed by atoms with van der Waals surface area (Å²) in [6.07, 6.45) is 0. The van der Waals surface area contributed by atoms with E-state index in [1.54, 1.807) is 24.1 Å². The number of amides is 2. The number of aryl methyl sites for hydroxylation is 1. The van der Waals surface area contributed by atoms with Gasteiger partial charge in [-0.1, -0.05) is 22.0 Å². The zero-order valence-corrected chi connectivity index (χ0v) is 14.0. The van der Waals surface area contributed by atoms with E-state index in [4.69, 9.17) is 0 Å². The molecule has 0 saturated carbocycles. The molecule has 1 aromatic rings. The van der Waals surface area contributed by atoms with E-state index >= 15 is 0 Å². The van der Waals surface area contributed by atoms with Crippen LogP contribution < -0.4 is 0 Å². The number of hydrogen-bond donors (Lipinski definition) is 0. The molecule has 110 valence electrons. The quantitative estimate of drug-likeness (QED) is 0.826. The average molecular weight is 341 g/mol. The molecule has 0 heterocycles. The second-order valence-corrected chi connectivity index (χ2v) is 5.55. The fraction of sp³-hybridized carbons (Fsp3) is 0.467. The van der Waals surface area contributed by atoms with Gasteiger partial charge in [-0.05, 0) is 38.5 Å². The minimum Gasteiger partial charge on any atom is -0.342 e. The third-order valence-corrected chi connectivity index (χ3v) is 4.11. The lowest BCUT2D eigenvalue weighted by atomic mass is 10.1. The second kappa shape index (κ2) is 7.43. The molecule has 0 bridgehead atoms. The fourth-order valence-electron chi connectivity index (χ4n) is 1.90. The third-order valence-electron chi connectivity index (χ3n) is 3.25. The van der Waals surface area contributed by atoms with Crippen LogP contribution in [-0.2, 0) is 4.79 Å². The molecule has 20 heavy (non-hydrogen) atoms. The van der Waals surface area contributed by atoms with Crippen molar-refractivity contribution in [2.45, 2.75) is 20.8 Å². The molecule has 2 amide bonds. The molecule has 0 aliphatic heterocycles. The smallest absolute Gasteiger partial charge is 0.254 e. The van der Waals surface area contributed by atoms with Gasteiger partial charge in [-0.3, -0.25) is 9.59 Å². The lowest BCUT2D eigenvalue weighted by Crippen LogP contribution is -2.41. The molecule has 0 aromatic heterocycles. The summed E-state index contributed by atoms with van der Waals surface area (Å²) in [6.45, 7) is 7.25. The van der Waals surface area contributed by atoms with Gasteiger partial charge >= 0.3 is 0 Å². The molecule has 0 atom stereocenters. The van der Waals surface area contributed by atoms with E-state index in [1.807, 2.05) is 26.8 Å². The van der Waals surface area contributed by atoms with E-state index in [2.05, 4.69) is 15.9 Å². The Hall–Kier alpha value is -1.36. The normalized spacial score (nSPS) is 10.2. The molecule has 0 radical (unpaired) electrons. The van der Waals surface area contributed by atoms with E-state index in [1.165, 1.54) is 4.90 Å². The molecule has 1 aromatic carbocycles. The molecule has 5 heteroatoms. The number of likely N-dealkylation sites (N-methyl/N-ethyl adjacent to an activating group) is 2. The highest BCUT2D eigenvalue weighted by Crippen LogP contribution is 2.18. The lowest BCUT2D eigenvalue weighted by molar-refractivity contribution is -0.131. The van der Waals surface area contributed by atoms with Crippen LogP contribution in [0.15, 0.2) is 22.7 Å². The summed E-state index contributed by atoms with van der Waals surface area (Å²) in [4.78, 5) is 27.4. The summed E-state index contributed by atoms with van der Waals surface area (Å²) in [7, 11) is 1.65. The maximum Gasteiger partial charge on any atom is 0.254 e. The van der Waals surface area contributed by atoms with Crippen molar-refractivity contribution in [2.24, 2.45) is 0 Å². The molecule has 0 N–H and O–H groups in total. The number of hydrogen-bond acceptors (Lipinski definition) is 2. The summed E-state index contributed by atoms with van der Waals surface area (Å²) >= 11 is 3.41. The number of carbonyl (C=O) groups excluding carboxylic acids is 2. The van der Waals surface area contributed by atoms with Gasteiger partial charge in [-0.15, -0.1) is 0 Å². The molecule has 0 saturated heterocycles. The highest BCUT2D eigenvalue weighted by atomic mass is 79.9. The van der Waals surface area contributed by atoms with Gasteiger partial charge in [0, 0.05) is 30.2 Å². The molecule has 0 aliphatic carbocycles. The standard InChI is InChI=1S/C15H21BrN2O2/c1-5-18(6-2)14(19)10-17(4)15(20)12-8-7-11(3)13(16)9-12/h7-9H,5-6,10H2,1-4H3. The Balaban J connectivity index is 2.76. The van der Waals surface area contributed by atoms with Gasteiger partial charge < -0.3 is 9.80 Å². The Bertz CT molecular complexity index is 499. The molecule has 0 aliphatic rings.